The Kier molecular flexibility index (Phi) is 4.02. The van der Waals surface area contributed by atoms with Gasteiger partial charge in [0.15, 0.2) is 5.76 Å². The van der Waals surface area contributed by atoms with Gasteiger partial charge in [0.1, 0.15) is 11.3 Å². The fourth-order valence-corrected chi connectivity index (χ4v) is 2.72. The average molecular weight is 348 g/mol. The van der Waals surface area contributed by atoms with E-state index in [2.05, 4.69) is 10.3 Å². The van der Waals surface area contributed by atoms with Gasteiger partial charge in [-0.15, -0.1) is 0 Å². The van der Waals surface area contributed by atoms with Crippen molar-refractivity contribution in [2.24, 2.45) is 7.05 Å². The van der Waals surface area contributed by atoms with Crippen molar-refractivity contribution < 1.29 is 14.1 Å². The fourth-order valence-electron chi connectivity index (χ4n) is 2.38. The first-order valence-electron chi connectivity index (χ1n) is 7.03. The number of ether oxygens (including phenoxy) is 1. The largest absolute Gasteiger partial charge is 0.496 e. The predicted molar refractivity (Wildman–Crippen MR) is 87.7 cm³/mol. The number of carbonyl (C=O) groups excluding carboxylic acids is 1. The Bertz CT molecular complexity index is 984. The maximum Gasteiger partial charge on any atom is 0.277 e. The maximum absolute atomic E-state index is 12.7. The van der Waals surface area contributed by atoms with E-state index in [0.717, 1.165) is 0 Å². The van der Waals surface area contributed by atoms with Crippen molar-refractivity contribution in [2.75, 3.05) is 7.11 Å². The number of aromatic nitrogens is 3. The van der Waals surface area contributed by atoms with Gasteiger partial charge < -0.3 is 14.4 Å². The van der Waals surface area contributed by atoms with E-state index in [-0.39, 0.29) is 16.1 Å². The van der Waals surface area contributed by atoms with Crippen molar-refractivity contribution in [1.82, 2.24) is 14.9 Å². The van der Waals surface area contributed by atoms with Gasteiger partial charge in [-0.2, -0.15) is 0 Å². The molecule has 8 heteroatoms. The van der Waals surface area contributed by atoms with Crippen molar-refractivity contribution in [3.8, 4) is 17.1 Å². The molecular formula is C16H14ClN3O4. The number of nitrogens with zero attached hydrogens (tertiary/aromatic N) is 2. The van der Waals surface area contributed by atoms with Crippen LogP contribution >= 0.6 is 11.6 Å². The average Bonchev–Trinajstić information content (AvgIpc) is 3.13. The minimum atomic E-state index is -0.484. The van der Waals surface area contributed by atoms with Crippen LogP contribution in [-0.2, 0) is 7.05 Å². The van der Waals surface area contributed by atoms with Gasteiger partial charge in [-0.1, -0.05) is 16.8 Å². The minimum Gasteiger partial charge on any atom is -0.496 e. The van der Waals surface area contributed by atoms with E-state index in [1.54, 1.807) is 19.1 Å². The number of nitrogens with one attached hydrogen (secondary N) is 1. The molecule has 0 bridgehead atoms. The first-order chi connectivity index (χ1) is 11.4. The molecule has 2 aromatic heterocycles. The monoisotopic (exact) mass is 347 g/mol. The quantitative estimate of drug-likeness (QED) is 0.732. The maximum atomic E-state index is 12.7. The standard InChI is InChI=1S/C16H14ClN3O4/c1-8-6-12(24-19-8)13-11(23-3)5-4-9(14(13)17)15(21)10-7-18-20(2)16(10)22/h4-7,18H,1-3H3. The highest BCUT2D eigenvalue weighted by Crippen LogP contribution is 2.39. The molecule has 24 heavy (non-hydrogen) atoms. The van der Waals surface area contributed by atoms with Crippen LogP contribution in [0.4, 0.5) is 0 Å². The second-order valence-corrected chi connectivity index (χ2v) is 5.60. The topological polar surface area (TPSA) is 90.1 Å². The highest BCUT2D eigenvalue weighted by atomic mass is 35.5. The van der Waals surface area contributed by atoms with Crippen molar-refractivity contribution in [3.63, 3.8) is 0 Å². The van der Waals surface area contributed by atoms with Crippen LogP contribution in [0.15, 0.2) is 33.7 Å². The number of hydrogen-bond donors (Lipinski definition) is 1. The van der Waals surface area contributed by atoms with Crippen LogP contribution in [0.5, 0.6) is 5.75 Å². The molecule has 0 saturated carbocycles. The Hall–Kier alpha value is -2.80. The number of ketones is 1. The van der Waals surface area contributed by atoms with Gasteiger partial charge in [-0.3, -0.25) is 14.3 Å². The number of carbonyl (C=O) groups is 1. The summed E-state index contributed by atoms with van der Waals surface area (Å²) in [5.74, 6) is 0.336. The Morgan fingerprint density at radius 2 is 2.12 bits per heavy atom. The summed E-state index contributed by atoms with van der Waals surface area (Å²) in [4.78, 5) is 24.7. The number of aryl methyl sites for hydroxylation is 2. The highest BCUT2D eigenvalue weighted by Gasteiger charge is 2.24. The second kappa shape index (κ2) is 6.01. The molecule has 0 radical (unpaired) electrons. The Morgan fingerprint density at radius 3 is 2.67 bits per heavy atom. The summed E-state index contributed by atoms with van der Waals surface area (Å²) in [6.45, 7) is 1.77. The lowest BCUT2D eigenvalue weighted by Gasteiger charge is -2.11. The number of hydrogen-bond acceptors (Lipinski definition) is 5. The predicted octanol–water partition coefficient (Wildman–Crippen LogP) is 2.57. The molecule has 0 aliphatic carbocycles. The molecule has 3 rings (SSSR count). The number of methoxy groups -OCH3 is 1. The van der Waals surface area contributed by atoms with E-state index in [1.165, 1.54) is 31.1 Å². The summed E-state index contributed by atoms with van der Waals surface area (Å²) < 4.78 is 11.8. The molecule has 0 unspecified atom stereocenters. The van der Waals surface area contributed by atoms with Gasteiger partial charge in [0.2, 0.25) is 5.78 Å². The summed E-state index contributed by atoms with van der Waals surface area (Å²) in [7, 11) is 3.01. The number of benzene rings is 1. The zero-order valence-corrected chi connectivity index (χ0v) is 14.0. The smallest absolute Gasteiger partial charge is 0.277 e. The zero-order valence-electron chi connectivity index (χ0n) is 13.2. The lowest BCUT2D eigenvalue weighted by atomic mass is 10.0. The molecule has 0 saturated heterocycles. The van der Waals surface area contributed by atoms with E-state index in [0.29, 0.717) is 22.8 Å². The summed E-state index contributed by atoms with van der Waals surface area (Å²) in [5.41, 5.74) is 0.837. The van der Waals surface area contributed by atoms with E-state index in [9.17, 15) is 9.59 Å². The van der Waals surface area contributed by atoms with Gasteiger partial charge in [0, 0.05) is 24.9 Å². The molecule has 0 fully saturated rings. The molecule has 2 heterocycles. The van der Waals surface area contributed by atoms with E-state index in [4.69, 9.17) is 20.9 Å². The number of aromatic amines is 1. The van der Waals surface area contributed by atoms with E-state index in [1.807, 2.05) is 0 Å². The molecule has 1 aromatic carbocycles. The van der Waals surface area contributed by atoms with Crippen LogP contribution in [0, 0.1) is 6.92 Å². The first-order valence-corrected chi connectivity index (χ1v) is 7.41. The van der Waals surface area contributed by atoms with Crippen LogP contribution in [0.25, 0.3) is 11.3 Å². The zero-order chi connectivity index (χ0) is 17.4. The normalized spacial score (nSPS) is 10.8. The summed E-state index contributed by atoms with van der Waals surface area (Å²) in [5, 5.41) is 6.63. The molecule has 0 atom stereocenters. The van der Waals surface area contributed by atoms with E-state index >= 15 is 0 Å². The summed E-state index contributed by atoms with van der Waals surface area (Å²) in [6.07, 6.45) is 1.35. The van der Waals surface area contributed by atoms with Gasteiger partial charge in [0.05, 0.1) is 23.4 Å². The van der Waals surface area contributed by atoms with Gasteiger partial charge in [0.25, 0.3) is 5.56 Å². The fraction of sp³-hybridized carbons (Fsp3) is 0.188. The van der Waals surface area contributed by atoms with Crippen molar-refractivity contribution in [3.05, 3.63) is 56.6 Å². The van der Waals surface area contributed by atoms with Crippen molar-refractivity contribution in [2.45, 2.75) is 6.92 Å². The number of H-pyrrole nitrogens is 1. The third-order valence-electron chi connectivity index (χ3n) is 3.62. The van der Waals surface area contributed by atoms with Crippen LogP contribution in [0.1, 0.15) is 21.6 Å². The SMILES string of the molecule is COc1ccc(C(=O)c2c[nH]n(C)c2=O)c(Cl)c1-c1cc(C)no1. The van der Waals surface area contributed by atoms with Crippen LogP contribution < -0.4 is 10.3 Å². The van der Waals surface area contributed by atoms with Gasteiger partial charge in [-0.25, -0.2) is 0 Å². The van der Waals surface area contributed by atoms with Crippen molar-refractivity contribution in [1.29, 1.82) is 0 Å². The van der Waals surface area contributed by atoms with Gasteiger partial charge >= 0.3 is 0 Å². The molecule has 1 N–H and O–H groups in total. The molecule has 3 aromatic rings. The Labute approximate surface area is 141 Å². The molecule has 0 spiro atoms. The Morgan fingerprint density at radius 1 is 1.38 bits per heavy atom. The Balaban J connectivity index is 2.19. The van der Waals surface area contributed by atoms with Gasteiger partial charge in [-0.05, 0) is 19.1 Å². The summed E-state index contributed by atoms with van der Waals surface area (Å²) >= 11 is 6.43. The summed E-state index contributed by atoms with van der Waals surface area (Å²) in [6, 6.07) is 4.80. The van der Waals surface area contributed by atoms with Crippen molar-refractivity contribution >= 4 is 17.4 Å². The van der Waals surface area contributed by atoms with Crippen LogP contribution in [0.3, 0.4) is 0 Å². The third kappa shape index (κ3) is 2.52. The highest BCUT2D eigenvalue weighted by molar-refractivity contribution is 6.37. The third-order valence-corrected chi connectivity index (χ3v) is 4.02. The molecule has 0 amide bonds. The minimum absolute atomic E-state index is 0.00395. The lowest BCUT2D eigenvalue weighted by Crippen LogP contribution is -2.19. The van der Waals surface area contributed by atoms with Crippen LogP contribution in [-0.4, -0.2) is 27.8 Å². The number of rotatable bonds is 4. The van der Waals surface area contributed by atoms with Crippen LogP contribution in [0.2, 0.25) is 5.02 Å². The molecular weight excluding hydrogens is 334 g/mol. The molecule has 7 nitrogen and oxygen atoms in total. The molecule has 124 valence electrons. The first kappa shape index (κ1) is 16.1. The number of halogens is 1. The lowest BCUT2D eigenvalue weighted by molar-refractivity contribution is 0.103. The van der Waals surface area contributed by atoms with E-state index < -0.39 is 11.3 Å². The second-order valence-electron chi connectivity index (χ2n) is 5.22. The molecule has 0 aliphatic heterocycles. The molecule has 0 aliphatic rings.